The second kappa shape index (κ2) is 7.96. The van der Waals surface area contributed by atoms with E-state index < -0.39 is 35.5 Å². The van der Waals surface area contributed by atoms with E-state index in [-0.39, 0.29) is 31.6 Å². The van der Waals surface area contributed by atoms with Gasteiger partial charge in [-0.3, -0.25) is 0 Å². The summed E-state index contributed by atoms with van der Waals surface area (Å²) < 4.78 is 78.2. The number of allylic oxidation sites excluding steroid dienone is 4. The lowest BCUT2D eigenvalue weighted by atomic mass is 9.78. The van der Waals surface area contributed by atoms with Crippen LogP contribution in [0.15, 0.2) is 23.6 Å². The van der Waals surface area contributed by atoms with E-state index in [0.717, 1.165) is 12.8 Å². The van der Waals surface area contributed by atoms with Gasteiger partial charge in [-0.05, 0) is 56.4 Å². The van der Waals surface area contributed by atoms with Crippen molar-refractivity contribution in [2.24, 2.45) is 23.7 Å². The molecule has 0 saturated heterocycles. The third kappa shape index (κ3) is 5.03. The van der Waals surface area contributed by atoms with E-state index in [4.69, 9.17) is 0 Å². The summed E-state index contributed by atoms with van der Waals surface area (Å²) in [5.74, 6) is -4.44. The van der Waals surface area contributed by atoms with E-state index in [1.165, 1.54) is 0 Å². The number of hydrogen-bond acceptors (Lipinski definition) is 0. The van der Waals surface area contributed by atoms with Crippen LogP contribution in [0.1, 0.15) is 58.3 Å². The molecule has 0 bridgehead atoms. The van der Waals surface area contributed by atoms with Crippen molar-refractivity contribution < 1.29 is 26.3 Å². The zero-order valence-electron chi connectivity index (χ0n) is 13.8. The molecular formula is C18H24F6. The molecule has 2 saturated carbocycles. The molecule has 0 aromatic heterocycles. The molecule has 0 spiro atoms. The predicted molar refractivity (Wildman–Crippen MR) is 81.1 cm³/mol. The third-order valence-electron chi connectivity index (χ3n) is 5.39. The molecule has 0 nitrogen and oxygen atoms in total. The first-order valence-electron chi connectivity index (χ1n) is 8.68. The van der Waals surface area contributed by atoms with Crippen molar-refractivity contribution in [3.05, 3.63) is 23.6 Å². The number of rotatable bonds is 3. The Morgan fingerprint density at radius 3 is 1.58 bits per heavy atom. The quantitative estimate of drug-likeness (QED) is 0.471. The van der Waals surface area contributed by atoms with E-state index in [0.29, 0.717) is 24.8 Å². The molecule has 138 valence electrons. The van der Waals surface area contributed by atoms with Crippen LogP contribution >= 0.6 is 0 Å². The lowest BCUT2D eigenvalue weighted by Gasteiger charge is -2.29. The summed E-state index contributed by atoms with van der Waals surface area (Å²) in [5.41, 5.74) is 0. The van der Waals surface area contributed by atoms with Crippen molar-refractivity contribution in [1.82, 2.24) is 0 Å². The normalized spacial score (nSPS) is 34.0. The fourth-order valence-electron chi connectivity index (χ4n) is 3.74. The summed E-state index contributed by atoms with van der Waals surface area (Å²) in [6.07, 6.45) is -0.302. The Kier molecular flexibility index (Phi) is 6.43. The van der Waals surface area contributed by atoms with Crippen LogP contribution < -0.4 is 0 Å². The van der Waals surface area contributed by atoms with Gasteiger partial charge < -0.3 is 0 Å². The molecule has 2 rings (SSSR count). The second-order valence-electron chi connectivity index (χ2n) is 7.28. The molecule has 0 N–H and O–H groups in total. The minimum Gasteiger partial charge on any atom is -0.209 e. The largest absolute Gasteiger partial charge is 0.442 e. The van der Waals surface area contributed by atoms with Crippen molar-refractivity contribution >= 4 is 0 Å². The van der Waals surface area contributed by atoms with Gasteiger partial charge in [-0.2, -0.15) is 13.2 Å². The number of hydrogen-bond donors (Lipinski definition) is 0. The molecule has 0 amide bonds. The molecule has 0 aromatic rings. The van der Waals surface area contributed by atoms with Gasteiger partial charge in [-0.15, -0.1) is 0 Å². The van der Waals surface area contributed by atoms with Crippen molar-refractivity contribution in [2.75, 3.05) is 0 Å². The first kappa shape index (κ1) is 19.4. The van der Waals surface area contributed by atoms with Crippen molar-refractivity contribution in [3.63, 3.8) is 0 Å². The van der Waals surface area contributed by atoms with E-state index in [1.54, 1.807) is 0 Å². The van der Waals surface area contributed by atoms with Crippen LogP contribution in [-0.2, 0) is 0 Å². The molecule has 2 fully saturated rings. The van der Waals surface area contributed by atoms with Gasteiger partial charge in [0.25, 0.3) is 0 Å². The van der Waals surface area contributed by atoms with Crippen LogP contribution in [0, 0.1) is 23.7 Å². The first-order chi connectivity index (χ1) is 11.2. The fraction of sp³-hybridized carbons (Fsp3) is 0.778. The molecule has 0 heterocycles. The molecule has 0 aromatic carbocycles. The van der Waals surface area contributed by atoms with Gasteiger partial charge in [0, 0.05) is 11.8 Å². The Morgan fingerprint density at radius 2 is 1.17 bits per heavy atom. The number of alkyl halides is 3. The van der Waals surface area contributed by atoms with Crippen LogP contribution in [-0.4, -0.2) is 6.18 Å². The van der Waals surface area contributed by atoms with Crippen molar-refractivity contribution in [2.45, 2.75) is 64.5 Å². The maximum atomic E-state index is 14.4. The SMILES string of the molecule is CC1CCC(/C(F)=C(\F)C2CCC(C=C(F)C(F)(F)F)CC2)CC1. The maximum Gasteiger partial charge on any atom is 0.442 e. The summed E-state index contributed by atoms with van der Waals surface area (Å²) in [6, 6.07) is 0. The highest BCUT2D eigenvalue weighted by Gasteiger charge is 2.36. The summed E-state index contributed by atoms with van der Waals surface area (Å²) in [5, 5.41) is 0. The highest BCUT2D eigenvalue weighted by Crippen LogP contribution is 2.41. The molecular weight excluding hydrogens is 330 g/mol. The third-order valence-corrected chi connectivity index (χ3v) is 5.39. The average Bonchev–Trinajstić information content (AvgIpc) is 2.54. The Labute approximate surface area is 139 Å². The van der Waals surface area contributed by atoms with Gasteiger partial charge in [-0.1, -0.05) is 19.8 Å². The van der Waals surface area contributed by atoms with Crippen molar-refractivity contribution in [1.29, 1.82) is 0 Å². The summed E-state index contributed by atoms with van der Waals surface area (Å²) >= 11 is 0. The Morgan fingerprint density at radius 1 is 0.750 bits per heavy atom. The smallest absolute Gasteiger partial charge is 0.209 e. The van der Waals surface area contributed by atoms with Crippen LogP contribution in [0.5, 0.6) is 0 Å². The summed E-state index contributed by atoms with van der Waals surface area (Å²) in [4.78, 5) is 0. The minimum absolute atomic E-state index is 0.247. The zero-order valence-corrected chi connectivity index (χ0v) is 13.8. The van der Waals surface area contributed by atoms with Gasteiger partial charge in [0.15, 0.2) is 5.83 Å². The van der Waals surface area contributed by atoms with Crippen LogP contribution in [0.3, 0.4) is 0 Å². The Bertz CT molecular complexity index is 474. The topological polar surface area (TPSA) is 0 Å². The number of halogens is 6. The van der Waals surface area contributed by atoms with E-state index in [9.17, 15) is 26.3 Å². The Balaban J connectivity index is 1.92. The zero-order chi connectivity index (χ0) is 17.9. The second-order valence-corrected chi connectivity index (χ2v) is 7.28. The highest BCUT2D eigenvalue weighted by atomic mass is 19.4. The molecule has 2 aliphatic carbocycles. The van der Waals surface area contributed by atoms with Gasteiger partial charge in [0.2, 0.25) is 0 Å². The summed E-state index contributed by atoms with van der Waals surface area (Å²) in [6.45, 7) is 2.10. The molecule has 0 unspecified atom stereocenters. The van der Waals surface area contributed by atoms with E-state index >= 15 is 0 Å². The molecule has 6 heteroatoms. The molecule has 2 aliphatic rings. The molecule has 0 atom stereocenters. The molecule has 0 aliphatic heterocycles. The average molecular weight is 354 g/mol. The van der Waals surface area contributed by atoms with Gasteiger partial charge in [-0.25, -0.2) is 13.2 Å². The van der Waals surface area contributed by atoms with Crippen LogP contribution in [0.2, 0.25) is 0 Å². The van der Waals surface area contributed by atoms with Gasteiger partial charge in [0.1, 0.15) is 11.7 Å². The van der Waals surface area contributed by atoms with E-state index in [2.05, 4.69) is 6.92 Å². The monoisotopic (exact) mass is 354 g/mol. The van der Waals surface area contributed by atoms with E-state index in [1.807, 2.05) is 0 Å². The predicted octanol–water partition coefficient (Wildman–Crippen LogP) is 7.19. The minimum atomic E-state index is -4.97. The first-order valence-corrected chi connectivity index (χ1v) is 8.68. The fourth-order valence-corrected chi connectivity index (χ4v) is 3.74. The lowest BCUT2D eigenvalue weighted by molar-refractivity contribution is -0.109. The standard InChI is InChI=1S/C18H24F6/c1-11-2-6-13(7-3-11)16(20)17(21)14-8-4-12(5-9-14)10-15(19)18(22,23)24/h10-14H,2-9H2,1H3/b15-10?,17-16+. The Hall–Kier alpha value is -0.940. The van der Waals surface area contributed by atoms with Crippen LogP contribution in [0.25, 0.3) is 0 Å². The summed E-state index contributed by atoms with van der Waals surface area (Å²) in [7, 11) is 0. The van der Waals surface area contributed by atoms with Gasteiger partial charge >= 0.3 is 6.18 Å². The van der Waals surface area contributed by atoms with Gasteiger partial charge in [0.05, 0.1) is 0 Å². The molecule has 0 radical (unpaired) electrons. The lowest BCUT2D eigenvalue weighted by Crippen LogP contribution is -2.19. The molecule has 24 heavy (non-hydrogen) atoms. The highest BCUT2D eigenvalue weighted by molar-refractivity contribution is 5.11. The van der Waals surface area contributed by atoms with Crippen LogP contribution in [0.4, 0.5) is 26.3 Å². The van der Waals surface area contributed by atoms with Crippen molar-refractivity contribution in [3.8, 4) is 0 Å². The maximum absolute atomic E-state index is 14.4.